The number of halogens is 3. The Balaban J connectivity index is 0.00000121. The molecule has 0 aliphatic carbocycles. The highest BCUT2D eigenvalue weighted by Gasteiger charge is 2.45. The van der Waals surface area contributed by atoms with Crippen LogP contribution in [-0.2, 0) is 6.54 Å². The van der Waals surface area contributed by atoms with E-state index < -0.39 is 11.8 Å². The fraction of sp³-hybridized carbons (Fsp3) is 0.571. The molecule has 32 heavy (non-hydrogen) atoms. The van der Waals surface area contributed by atoms with Gasteiger partial charge in [0.05, 0.1) is 6.54 Å². The Hall–Kier alpha value is -1.81. The Morgan fingerprint density at radius 2 is 1.56 bits per heavy atom. The van der Waals surface area contributed by atoms with Gasteiger partial charge in [0.2, 0.25) is 0 Å². The highest BCUT2D eigenvalue weighted by Crippen LogP contribution is 2.38. The molecule has 0 bridgehead atoms. The SMILES string of the molecule is CC.CC.CC(C)c1cccc(-c2ccc(CN3CCC(C(C)C)C(F)(F)C3)c(F)c2)c1. The zero-order chi connectivity index (χ0) is 24.5. The number of hydrogen-bond acceptors (Lipinski definition) is 1. The summed E-state index contributed by atoms with van der Waals surface area (Å²) in [6, 6.07) is 13.2. The van der Waals surface area contributed by atoms with Gasteiger partial charge in [0.25, 0.3) is 5.92 Å². The average Bonchev–Trinajstić information content (AvgIpc) is 2.77. The van der Waals surface area contributed by atoms with Crippen LogP contribution in [0.2, 0.25) is 0 Å². The van der Waals surface area contributed by atoms with E-state index in [2.05, 4.69) is 26.0 Å². The van der Waals surface area contributed by atoms with Crippen molar-refractivity contribution < 1.29 is 13.2 Å². The molecule has 1 nitrogen and oxygen atoms in total. The molecule has 4 heteroatoms. The van der Waals surface area contributed by atoms with Crippen molar-refractivity contribution >= 4 is 0 Å². The maximum absolute atomic E-state index is 14.7. The Morgan fingerprint density at radius 3 is 2.09 bits per heavy atom. The van der Waals surface area contributed by atoms with E-state index in [0.29, 0.717) is 24.4 Å². The average molecular weight is 450 g/mol. The molecule has 0 saturated carbocycles. The lowest BCUT2D eigenvalue weighted by atomic mass is 9.83. The zero-order valence-electron chi connectivity index (χ0n) is 21.2. The molecule has 0 amide bonds. The van der Waals surface area contributed by atoms with Gasteiger partial charge in [-0.25, -0.2) is 13.2 Å². The van der Waals surface area contributed by atoms with Crippen LogP contribution in [-0.4, -0.2) is 23.9 Å². The molecule has 1 saturated heterocycles. The van der Waals surface area contributed by atoms with Gasteiger partial charge in [-0.2, -0.15) is 0 Å². The fourth-order valence-electron chi connectivity index (χ4n) is 4.16. The van der Waals surface area contributed by atoms with Gasteiger partial charge in [0, 0.05) is 18.0 Å². The van der Waals surface area contributed by atoms with Gasteiger partial charge in [-0.1, -0.05) is 91.8 Å². The summed E-state index contributed by atoms with van der Waals surface area (Å²) < 4.78 is 43.6. The Bertz CT molecular complexity index is 814. The molecule has 2 aromatic carbocycles. The number of likely N-dealkylation sites (tertiary alicyclic amines) is 1. The molecule has 1 heterocycles. The van der Waals surface area contributed by atoms with E-state index in [1.807, 2.05) is 59.7 Å². The first-order valence-corrected chi connectivity index (χ1v) is 12.2. The smallest absolute Gasteiger partial charge is 0.263 e. The largest absolute Gasteiger partial charge is 0.293 e. The third-order valence-corrected chi connectivity index (χ3v) is 5.87. The molecule has 1 aliphatic heterocycles. The maximum atomic E-state index is 14.7. The number of hydrogen-bond donors (Lipinski definition) is 0. The van der Waals surface area contributed by atoms with E-state index >= 15 is 0 Å². The van der Waals surface area contributed by atoms with Crippen LogP contribution < -0.4 is 0 Å². The monoisotopic (exact) mass is 449 g/mol. The summed E-state index contributed by atoms with van der Waals surface area (Å²) in [5, 5.41) is 0. The lowest BCUT2D eigenvalue weighted by Gasteiger charge is -2.40. The van der Waals surface area contributed by atoms with Gasteiger partial charge in [0.1, 0.15) is 5.82 Å². The van der Waals surface area contributed by atoms with Crippen LogP contribution >= 0.6 is 0 Å². The number of rotatable bonds is 5. The van der Waals surface area contributed by atoms with Crippen molar-refractivity contribution in [3.05, 3.63) is 59.4 Å². The second-order valence-electron chi connectivity index (χ2n) is 8.70. The number of benzene rings is 2. The summed E-state index contributed by atoms with van der Waals surface area (Å²) in [6.07, 6.45) is 0.451. The molecule has 0 N–H and O–H groups in total. The third-order valence-electron chi connectivity index (χ3n) is 5.87. The predicted molar refractivity (Wildman–Crippen MR) is 132 cm³/mol. The number of alkyl halides is 2. The summed E-state index contributed by atoms with van der Waals surface area (Å²) in [5.41, 5.74) is 3.47. The van der Waals surface area contributed by atoms with Crippen molar-refractivity contribution in [2.24, 2.45) is 11.8 Å². The van der Waals surface area contributed by atoms with Crippen LogP contribution in [0.15, 0.2) is 42.5 Å². The topological polar surface area (TPSA) is 3.24 Å². The Morgan fingerprint density at radius 1 is 0.938 bits per heavy atom. The van der Waals surface area contributed by atoms with Crippen molar-refractivity contribution in [2.45, 2.75) is 80.2 Å². The highest BCUT2D eigenvalue weighted by molar-refractivity contribution is 5.64. The molecule has 1 atom stereocenters. The first kappa shape index (κ1) is 28.2. The molecule has 180 valence electrons. The second-order valence-corrected chi connectivity index (χ2v) is 8.70. The van der Waals surface area contributed by atoms with Crippen LogP contribution in [0, 0.1) is 17.7 Å². The Kier molecular flexibility index (Phi) is 11.5. The van der Waals surface area contributed by atoms with Crippen molar-refractivity contribution in [1.82, 2.24) is 4.90 Å². The predicted octanol–water partition coefficient (Wildman–Crippen LogP) is 8.78. The van der Waals surface area contributed by atoms with Gasteiger partial charge >= 0.3 is 0 Å². The first-order chi connectivity index (χ1) is 15.2. The van der Waals surface area contributed by atoms with Crippen molar-refractivity contribution in [2.75, 3.05) is 13.1 Å². The normalized spacial score (nSPS) is 18.0. The van der Waals surface area contributed by atoms with E-state index in [9.17, 15) is 13.2 Å². The number of piperidine rings is 1. The molecule has 0 radical (unpaired) electrons. The molecule has 2 aromatic rings. The quantitative estimate of drug-likeness (QED) is 0.441. The third kappa shape index (κ3) is 7.37. The van der Waals surface area contributed by atoms with E-state index in [4.69, 9.17) is 0 Å². The van der Waals surface area contributed by atoms with E-state index in [1.165, 1.54) is 11.6 Å². The standard InChI is InChI=1S/C24H30F3N.2C2H6/c1-16(2)18-6-5-7-19(12-18)20-8-9-21(23(25)13-20)14-28-11-10-22(17(3)4)24(26,27)15-28;2*1-2/h5-9,12-13,16-17,22H,10-11,14-15H2,1-4H3;2*1-2H3. The van der Waals surface area contributed by atoms with Gasteiger partial charge in [-0.05, 0) is 47.6 Å². The minimum Gasteiger partial charge on any atom is -0.293 e. The summed E-state index contributed by atoms with van der Waals surface area (Å²) in [5.74, 6) is -3.29. The van der Waals surface area contributed by atoms with Crippen LogP contribution in [0.5, 0.6) is 0 Å². The minimum atomic E-state index is -2.72. The van der Waals surface area contributed by atoms with Crippen molar-refractivity contribution in [3.8, 4) is 11.1 Å². The van der Waals surface area contributed by atoms with Gasteiger partial charge < -0.3 is 0 Å². The first-order valence-electron chi connectivity index (χ1n) is 12.2. The number of nitrogens with zero attached hydrogens (tertiary/aromatic N) is 1. The molecule has 1 aliphatic rings. The molecular formula is C28H42F3N. The van der Waals surface area contributed by atoms with Crippen LogP contribution in [0.4, 0.5) is 13.2 Å². The van der Waals surface area contributed by atoms with Crippen LogP contribution in [0.1, 0.15) is 78.9 Å². The maximum Gasteiger partial charge on any atom is 0.263 e. The van der Waals surface area contributed by atoms with E-state index in [0.717, 1.165) is 11.1 Å². The molecule has 3 rings (SSSR count). The second kappa shape index (κ2) is 13.0. The van der Waals surface area contributed by atoms with Crippen LogP contribution in [0.3, 0.4) is 0 Å². The summed E-state index contributed by atoms with van der Waals surface area (Å²) in [4.78, 5) is 1.68. The lowest BCUT2D eigenvalue weighted by molar-refractivity contribution is -0.126. The van der Waals surface area contributed by atoms with Crippen molar-refractivity contribution in [3.63, 3.8) is 0 Å². The fourth-order valence-corrected chi connectivity index (χ4v) is 4.16. The van der Waals surface area contributed by atoms with Gasteiger partial charge in [-0.3, -0.25) is 4.90 Å². The highest BCUT2D eigenvalue weighted by atomic mass is 19.3. The lowest BCUT2D eigenvalue weighted by Crippen LogP contribution is -2.49. The Labute approximate surface area is 194 Å². The van der Waals surface area contributed by atoms with Gasteiger partial charge in [-0.15, -0.1) is 0 Å². The minimum absolute atomic E-state index is 0.0465. The van der Waals surface area contributed by atoms with Gasteiger partial charge in [0.15, 0.2) is 0 Å². The van der Waals surface area contributed by atoms with Crippen molar-refractivity contribution in [1.29, 1.82) is 0 Å². The van der Waals surface area contributed by atoms with E-state index in [-0.39, 0.29) is 24.8 Å². The molecular weight excluding hydrogens is 407 g/mol. The summed E-state index contributed by atoms with van der Waals surface area (Å²) >= 11 is 0. The molecule has 0 aromatic heterocycles. The van der Waals surface area contributed by atoms with Crippen LogP contribution in [0.25, 0.3) is 11.1 Å². The molecule has 1 unspecified atom stereocenters. The summed E-state index contributed by atoms with van der Waals surface area (Å²) in [7, 11) is 0. The zero-order valence-corrected chi connectivity index (χ0v) is 21.2. The molecule has 1 fully saturated rings. The van der Waals surface area contributed by atoms with E-state index in [1.54, 1.807) is 11.0 Å². The molecule has 0 spiro atoms. The summed E-state index contributed by atoms with van der Waals surface area (Å²) in [6.45, 7) is 16.5.